The van der Waals surface area contributed by atoms with Gasteiger partial charge in [-0.25, -0.2) is 0 Å². The fourth-order valence-electron chi connectivity index (χ4n) is 2.14. The normalized spacial score (nSPS) is 14.2. The molecule has 1 heterocycles. The lowest BCUT2D eigenvalue weighted by Gasteiger charge is -2.23. The fraction of sp³-hybridized carbons (Fsp3) is 0.0667. The van der Waals surface area contributed by atoms with Gasteiger partial charge in [-0.3, -0.25) is 14.7 Å². The predicted octanol–water partition coefficient (Wildman–Crippen LogP) is 3.59. The van der Waals surface area contributed by atoms with E-state index < -0.39 is 0 Å². The Balaban J connectivity index is 2.21. The van der Waals surface area contributed by atoms with Crippen LogP contribution in [0.1, 0.15) is 5.56 Å². The molecule has 3 nitrogen and oxygen atoms in total. The molecular formula is C15H11ClN2O. The van der Waals surface area contributed by atoms with Crippen molar-refractivity contribution in [3.8, 4) is 0 Å². The summed E-state index contributed by atoms with van der Waals surface area (Å²) in [4.78, 5) is 18.0. The Hall–Kier alpha value is -2.13. The smallest absolute Gasteiger partial charge is 0.273 e. The maximum absolute atomic E-state index is 12.2. The number of carbonyl (C=O) groups excluding carboxylic acids is 1. The number of para-hydroxylation sites is 2. The van der Waals surface area contributed by atoms with Crippen LogP contribution in [-0.2, 0) is 11.3 Å². The maximum Gasteiger partial charge on any atom is 0.273 e. The van der Waals surface area contributed by atoms with Gasteiger partial charge in [-0.05, 0) is 23.8 Å². The zero-order valence-corrected chi connectivity index (χ0v) is 10.8. The molecule has 0 saturated carbocycles. The van der Waals surface area contributed by atoms with Crippen molar-refractivity contribution in [2.45, 2.75) is 6.54 Å². The molecule has 2 aromatic rings. The SMILES string of the molecule is O=C1C=NCc2ccccc2N1c1ccccc1Cl. The molecule has 0 atom stereocenters. The number of rotatable bonds is 1. The number of halogens is 1. The van der Waals surface area contributed by atoms with Gasteiger partial charge in [0, 0.05) is 0 Å². The van der Waals surface area contributed by atoms with Crippen LogP contribution in [0.2, 0.25) is 5.02 Å². The number of carbonyl (C=O) groups is 1. The van der Waals surface area contributed by atoms with Crippen LogP contribution in [0, 0.1) is 0 Å². The number of amides is 1. The molecule has 0 aromatic heterocycles. The molecular weight excluding hydrogens is 260 g/mol. The van der Waals surface area contributed by atoms with E-state index in [4.69, 9.17) is 11.6 Å². The molecule has 0 unspecified atom stereocenters. The van der Waals surface area contributed by atoms with Crippen LogP contribution in [0.5, 0.6) is 0 Å². The first-order valence-electron chi connectivity index (χ1n) is 5.94. The number of hydrogen-bond acceptors (Lipinski definition) is 2. The number of nitrogens with zero attached hydrogens (tertiary/aromatic N) is 2. The maximum atomic E-state index is 12.2. The minimum Gasteiger partial charge on any atom is -0.283 e. The van der Waals surface area contributed by atoms with Gasteiger partial charge in [-0.2, -0.15) is 0 Å². The number of aliphatic imine (C=N–C) groups is 1. The van der Waals surface area contributed by atoms with Gasteiger partial charge in [-0.1, -0.05) is 41.9 Å². The minimum atomic E-state index is -0.182. The van der Waals surface area contributed by atoms with E-state index in [-0.39, 0.29) is 5.91 Å². The van der Waals surface area contributed by atoms with E-state index >= 15 is 0 Å². The summed E-state index contributed by atoms with van der Waals surface area (Å²) in [5, 5.41) is 0.543. The number of benzene rings is 2. The molecule has 0 aliphatic carbocycles. The summed E-state index contributed by atoms with van der Waals surface area (Å²) in [6.07, 6.45) is 1.35. The van der Waals surface area contributed by atoms with Crippen LogP contribution in [0.15, 0.2) is 53.5 Å². The molecule has 94 valence electrons. The largest absolute Gasteiger partial charge is 0.283 e. The summed E-state index contributed by atoms with van der Waals surface area (Å²) in [5.74, 6) is -0.182. The molecule has 0 spiro atoms. The standard InChI is InChI=1S/C15H11ClN2O/c16-12-6-2-4-8-14(12)18-13-7-3-1-5-11(13)9-17-10-15(18)19/h1-8,10H,9H2. The lowest BCUT2D eigenvalue weighted by atomic mass is 10.1. The van der Waals surface area contributed by atoms with Crippen molar-refractivity contribution in [3.05, 3.63) is 59.1 Å². The molecule has 19 heavy (non-hydrogen) atoms. The van der Waals surface area contributed by atoms with Gasteiger partial charge in [0.2, 0.25) is 0 Å². The van der Waals surface area contributed by atoms with E-state index in [9.17, 15) is 4.79 Å². The number of hydrogen-bond donors (Lipinski definition) is 0. The summed E-state index contributed by atoms with van der Waals surface area (Å²) in [6, 6.07) is 15.0. The zero-order chi connectivity index (χ0) is 13.2. The Kier molecular flexibility index (Phi) is 3.05. The van der Waals surface area contributed by atoms with Crippen molar-refractivity contribution in [2.75, 3.05) is 4.90 Å². The molecule has 3 rings (SSSR count). The molecule has 4 heteroatoms. The van der Waals surface area contributed by atoms with Gasteiger partial charge in [0.05, 0.1) is 29.2 Å². The quantitative estimate of drug-likeness (QED) is 0.779. The van der Waals surface area contributed by atoms with Crippen LogP contribution in [0.25, 0.3) is 0 Å². The Morgan fingerprint density at radius 1 is 1.00 bits per heavy atom. The third-order valence-corrected chi connectivity index (χ3v) is 3.33. The van der Waals surface area contributed by atoms with Crippen LogP contribution in [-0.4, -0.2) is 12.1 Å². The highest BCUT2D eigenvalue weighted by atomic mass is 35.5. The summed E-state index contributed by atoms with van der Waals surface area (Å²) in [7, 11) is 0. The topological polar surface area (TPSA) is 32.7 Å². The lowest BCUT2D eigenvalue weighted by molar-refractivity contribution is -0.111. The van der Waals surface area contributed by atoms with Gasteiger partial charge in [0.1, 0.15) is 0 Å². The first-order chi connectivity index (χ1) is 9.27. The Labute approximate surface area is 116 Å². The third-order valence-electron chi connectivity index (χ3n) is 3.01. The van der Waals surface area contributed by atoms with Gasteiger partial charge < -0.3 is 0 Å². The van der Waals surface area contributed by atoms with E-state index in [1.807, 2.05) is 42.5 Å². The molecule has 1 aliphatic rings. The average Bonchev–Trinajstić information content (AvgIpc) is 2.58. The predicted molar refractivity (Wildman–Crippen MR) is 77.2 cm³/mol. The fourth-order valence-corrected chi connectivity index (χ4v) is 2.36. The zero-order valence-electron chi connectivity index (χ0n) is 10.1. The second kappa shape index (κ2) is 4.86. The molecule has 1 aliphatic heterocycles. The van der Waals surface area contributed by atoms with Crippen molar-refractivity contribution in [3.63, 3.8) is 0 Å². The molecule has 0 radical (unpaired) electrons. The van der Waals surface area contributed by atoms with Gasteiger partial charge >= 0.3 is 0 Å². The van der Waals surface area contributed by atoms with E-state index in [1.165, 1.54) is 6.21 Å². The Morgan fingerprint density at radius 3 is 2.47 bits per heavy atom. The first-order valence-corrected chi connectivity index (χ1v) is 6.31. The molecule has 0 saturated heterocycles. The highest BCUT2D eigenvalue weighted by molar-refractivity contribution is 6.39. The van der Waals surface area contributed by atoms with Crippen LogP contribution in [0.4, 0.5) is 11.4 Å². The average molecular weight is 271 g/mol. The van der Waals surface area contributed by atoms with Crippen molar-refractivity contribution >= 4 is 35.1 Å². The monoisotopic (exact) mass is 270 g/mol. The Morgan fingerprint density at radius 2 is 1.68 bits per heavy atom. The summed E-state index contributed by atoms with van der Waals surface area (Å²) >= 11 is 6.20. The van der Waals surface area contributed by atoms with Gasteiger partial charge in [-0.15, -0.1) is 0 Å². The van der Waals surface area contributed by atoms with Crippen LogP contribution in [0.3, 0.4) is 0 Å². The van der Waals surface area contributed by atoms with Crippen molar-refractivity contribution < 1.29 is 4.79 Å². The van der Waals surface area contributed by atoms with E-state index in [0.29, 0.717) is 17.3 Å². The first kappa shape index (κ1) is 11.9. The number of fused-ring (bicyclic) bond motifs is 1. The van der Waals surface area contributed by atoms with Crippen molar-refractivity contribution in [1.82, 2.24) is 0 Å². The summed E-state index contributed by atoms with van der Waals surface area (Å²) in [5.41, 5.74) is 2.51. The molecule has 0 N–H and O–H groups in total. The number of anilines is 2. The van der Waals surface area contributed by atoms with Crippen LogP contribution < -0.4 is 4.90 Å². The molecule has 0 bridgehead atoms. The highest BCUT2D eigenvalue weighted by Crippen LogP contribution is 2.34. The van der Waals surface area contributed by atoms with E-state index in [2.05, 4.69) is 4.99 Å². The van der Waals surface area contributed by atoms with E-state index in [0.717, 1.165) is 11.3 Å². The van der Waals surface area contributed by atoms with Crippen molar-refractivity contribution in [2.24, 2.45) is 4.99 Å². The summed E-state index contributed by atoms with van der Waals surface area (Å²) in [6.45, 7) is 0.503. The van der Waals surface area contributed by atoms with Crippen LogP contribution >= 0.6 is 11.6 Å². The summed E-state index contributed by atoms with van der Waals surface area (Å²) < 4.78 is 0. The second-order valence-electron chi connectivity index (χ2n) is 4.22. The third kappa shape index (κ3) is 2.13. The molecule has 1 amide bonds. The minimum absolute atomic E-state index is 0.182. The van der Waals surface area contributed by atoms with E-state index in [1.54, 1.807) is 11.0 Å². The molecule has 2 aromatic carbocycles. The lowest BCUT2D eigenvalue weighted by Crippen LogP contribution is -2.26. The van der Waals surface area contributed by atoms with Crippen molar-refractivity contribution in [1.29, 1.82) is 0 Å². The highest BCUT2D eigenvalue weighted by Gasteiger charge is 2.22. The Bertz CT molecular complexity index is 667. The second-order valence-corrected chi connectivity index (χ2v) is 4.63. The molecule has 0 fully saturated rings. The van der Waals surface area contributed by atoms with Gasteiger partial charge in [0.25, 0.3) is 5.91 Å². The van der Waals surface area contributed by atoms with Gasteiger partial charge in [0.15, 0.2) is 0 Å².